The van der Waals surface area contributed by atoms with Gasteiger partial charge in [-0.2, -0.15) is 0 Å². The molecule has 0 spiro atoms. The van der Waals surface area contributed by atoms with Gasteiger partial charge in [0.15, 0.2) is 0 Å². The van der Waals surface area contributed by atoms with E-state index in [9.17, 15) is 9.59 Å². The second-order valence-electron chi connectivity index (χ2n) is 7.33. The van der Waals surface area contributed by atoms with Crippen molar-refractivity contribution >= 4 is 23.2 Å². The van der Waals surface area contributed by atoms with E-state index in [2.05, 4.69) is 10.2 Å². The Morgan fingerprint density at radius 3 is 2.38 bits per heavy atom. The van der Waals surface area contributed by atoms with Crippen molar-refractivity contribution in [1.82, 2.24) is 4.90 Å². The second-order valence-corrected chi connectivity index (χ2v) is 7.33. The third-order valence-electron chi connectivity index (χ3n) is 5.21. The summed E-state index contributed by atoms with van der Waals surface area (Å²) in [4.78, 5) is 28.5. The number of piperidine rings is 1. The molecule has 0 aromatic heterocycles. The van der Waals surface area contributed by atoms with Gasteiger partial charge in [-0.15, -0.1) is 0 Å². The van der Waals surface area contributed by atoms with Crippen LogP contribution in [-0.2, 0) is 16.1 Å². The van der Waals surface area contributed by atoms with Gasteiger partial charge in [-0.05, 0) is 49.6 Å². The third-order valence-corrected chi connectivity index (χ3v) is 5.21. The van der Waals surface area contributed by atoms with Gasteiger partial charge in [0.05, 0.1) is 7.11 Å². The van der Waals surface area contributed by atoms with Gasteiger partial charge in [0.2, 0.25) is 11.8 Å². The van der Waals surface area contributed by atoms with Crippen molar-refractivity contribution in [3.8, 4) is 5.75 Å². The van der Waals surface area contributed by atoms with Crippen molar-refractivity contribution in [3.63, 3.8) is 0 Å². The average molecular weight is 396 g/mol. The molecular weight excluding hydrogens is 366 g/mol. The highest BCUT2D eigenvalue weighted by molar-refractivity contribution is 5.94. The van der Waals surface area contributed by atoms with E-state index >= 15 is 0 Å². The molecule has 1 aliphatic rings. The average Bonchev–Trinajstić information content (AvgIpc) is 2.74. The van der Waals surface area contributed by atoms with Gasteiger partial charge in [0, 0.05) is 43.5 Å². The van der Waals surface area contributed by atoms with Crippen LogP contribution in [0.1, 0.15) is 31.7 Å². The van der Waals surface area contributed by atoms with Crippen LogP contribution < -0.4 is 15.0 Å². The number of anilines is 2. The van der Waals surface area contributed by atoms with E-state index in [1.165, 1.54) is 36.8 Å². The minimum Gasteiger partial charge on any atom is -0.496 e. The van der Waals surface area contributed by atoms with E-state index in [4.69, 9.17) is 4.74 Å². The third kappa shape index (κ3) is 5.73. The fourth-order valence-corrected chi connectivity index (χ4v) is 3.60. The Bertz CT molecular complexity index is 830. The first-order valence-corrected chi connectivity index (χ1v) is 10.1. The first-order valence-electron chi connectivity index (χ1n) is 10.1. The highest BCUT2D eigenvalue weighted by Gasteiger charge is 2.17. The lowest BCUT2D eigenvalue weighted by Crippen LogP contribution is -2.36. The van der Waals surface area contributed by atoms with Gasteiger partial charge in [-0.3, -0.25) is 9.59 Å². The zero-order valence-corrected chi connectivity index (χ0v) is 17.2. The Morgan fingerprint density at radius 1 is 1.03 bits per heavy atom. The molecule has 154 valence electrons. The number of hydrogen-bond donors (Lipinski definition) is 1. The quantitative estimate of drug-likeness (QED) is 0.777. The lowest BCUT2D eigenvalue weighted by molar-refractivity contribution is -0.133. The van der Waals surface area contributed by atoms with Gasteiger partial charge < -0.3 is 19.9 Å². The molecule has 0 bridgehead atoms. The monoisotopic (exact) mass is 395 g/mol. The van der Waals surface area contributed by atoms with Gasteiger partial charge >= 0.3 is 0 Å². The summed E-state index contributed by atoms with van der Waals surface area (Å²) in [6, 6.07) is 15.4. The number of benzene rings is 2. The maximum absolute atomic E-state index is 12.5. The molecule has 1 aliphatic heterocycles. The van der Waals surface area contributed by atoms with E-state index in [0.717, 1.165) is 24.3 Å². The van der Waals surface area contributed by atoms with Crippen LogP contribution in [0.15, 0.2) is 48.5 Å². The lowest BCUT2D eigenvalue weighted by Gasteiger charge is -2.28. The highest BCUT2D eigenvalue weighted by atomic mass is 16.5. The maximum atomic E-state index is 12.5. The summed E-state index contributed by atoms with van der Waals surface area (Å²) >= 11 is 0. The molecular formula is C23H29N3O3. The van der Waals surface area contributed by atoms with Crippen molar-refractivity contribution in [2.75, 3.05) is 37.0 Å². The predicted octanol–water partition coefficient (Wildman–Crippen LogP) is 3.67. The van der Waals surface area contributed by atoms with Crippen LogP contribution in [0.4, 0.5) is 11.4 Å². The number of carbonyl (C=O) groups is 2. The molecule has 0 radical (unpaired) electrons. The summed E-state index contributed by atoms with van der Waals surface area (Å²) in [5, 5.41) is 2.89. The Labute approximate surface area is 172 Å². The number of rotatable bonds is 7. The number of nitrogens with zero attached hydrogens (tertiary/aromatic N) is 2. The van der Waals surface area contributed by atoms with E-state index in [1.54, 1.807) is 7.11 Å². The Morgan fingerprint density at radius 2 is 1.72 bits per heavy atom. The zero-order valence-electron chi connectivity index (χ0n) is 17.2. The molecule has 1 saturated heterocycles. The molecule has 29 heavy (non-hydrogen) atoms. The Balaban J connectivity index is 1.59. The first-order chi connectivity index (χ1) is 14.1. The minimum absolute atomic E-state index is 0.0126. The number of para-hydroxylation sites is 1. The van der Waals surface area contributed by atoms with Crippen molar-refractivity contribution in [2.24, 2.45) is 0 Å². The maximum Gasteiger partial charge on any atom is 0.244 e. The normalized spacial score (nSPS) is 13.7. The fraction of sp³-hybridized carbons (Fsp3) is 0.391. The number of nitrogens with one attached hydrogen (secondary N) is 1. The summed E-state index contributed by atoms with van der Waals surface area (Å²) < 4.78 is 5.35. The van der Waals surface area contributed by atoms with Crippen LogP contribution in [0.5, 0.6) is 5.75 Å². The smallest absolute Gasteiger partial charge is 0.244 e. The summed E-state index contributed by atoms with van der Waals surface area (Å²) in [5.41, 5.74) is 2.78. The van der Waals surface area contributed by atoms with Crippen LogP contribution in [0, 0.1) is 0 Å². The summed E-state index contributed by atoms with van der Waals surface area (Å²) in [5.74, 6) is 0.319. The zero-order chi connectivity index (χ0) is 20.6. The van der Waals surface area contributed by atoms with E-state index in [1.807, 2.05) is 48.5 Å². The number of amides is 2. The molecule has 0 atom stereocenters. The summed E-state index contributed by atoms with van der Waals surface area (Å²) in [6.45, 7) is 3.95. The van der Waals surface area contributed by atoms with Crippen LogP contribution in [0.2, 0.25) is 0 Å². The van der Waals surface area contributed by atoms with Gasteiger partial charge in [-0.25, -0.2) is 0 Å². The molecule has 1 N–H and O–H groups in total. The number of hydrogen-bond acceptors (Lipinski definition) is 4. The second kappa shape index (κ2) is 9.96. The molecule has 1 fully saturated rings. The van der Waals surface area contributed by atoms with Crippen LogP contribution in [-0.4, -0.2) is 43.5 Å². The molecule has 6 heteroatoms. The largest absolute Gasteiger partial charge is 0.496 e. The fourth-order valence-electron chi connectivity index (χ4n) is 3.60. The molecule has 0 saturated carbocycles. The van der Waals surface area contributed by atoms with Gasteiger partial charge in [0.25, 0.3) is 0 Å². The van der Waals surface area contributed by atoms with E-state index in [-0.39, 0.29) is 18.4 Å². The Hall–Kier alpha value is -3.02. The molecule has 2 aromatic carbocycles. The SMILES string of the molecule is COc1ccccc1CN(CC(=O)Nc1ccc(N2CCCCC2)cc1)C(C)=O. The molecule has 0 unspecified atom stereocenters. The minimum atomic E-state index is -0.221. The summed E-state index contributed by atoms with van der Waals surface area (Å²) in [6.07, 6.45) is 3.75. The van der Waals surface area contributed by atoms with Crippen molar-refractivity contribution < 1.29 is 14.3 Å². The number of methoxy groups -OCH3 is 1. The lowest BCUT2D eigenvalue weighted by atomic mass is 10.1. The molecule has 0 aliphatic carbocycles. The molecule has 6 nitrogen and oxygen atoms in total. The number of ether oxygens (including phenoxy) is 1. The molecule has 2 amide bonds. The molecule has 2 aromatic rings. The molecule has 1 heterocycles. The standard InChI is InChI=1S/C23H29N3O3/c1-18(27)26(16-19-8-4-5-9-22(19)29-2)17-23(28)24-20-10-12-21(13-11-20)25-14-6-3-7-15-25/h4-5,8-13H,3,6-7,14-17H2,1-2H3,(H,24,28). The van der Waals surface area contributed by atoms with Crippen molar-refractivity contribution in [3.05, 3.63) is 54.1 Å². The first kappa shape index (κ1) is 20.7. The van der Waals surface area contributed by atoms with Crippen LogP contribution in [0.25, 0.3) is 0 Å². The van der Waals surface area contributed by atoms with Gasteiger partial charge in [0.1, 0.15) is 12.3 Å². The van der Waals surface area contributed by atoms with E-state index < -0.39 is 0 Å². The van der Waals surface area contributed by atoms with Gasteiger partial charge in [-0.1, -0.05) is 18.2 Å². The predicted molar refractivity (Wildman–Crippen MR) is 115 cm³/mol. The number of carbonyl (C=O) groups excluding carboxylic acids is 2. The van der Waals surface area contributed by atoms with Crippen molar-refractivity contribution in [1.29, 1.82) is 0 Å². The molecule has 3 rings (SSSR count). The summed E-state index contributed by atoms with van der Waals surface area (Å²) in [7, 11) is 1.59. The Kier molecular flexibility index (Phi) is 7.11. The van der Waals surface area contributed by atoms with E-state index in [0.29, 0.717) is 12.3 Å². The van der Waals surface area contributed by atoms with Crippen molar-refractivity contribution in [2.45, 2.75) is 32.7 Å². The topological polar surface area (TPSA) is 61.9 Å². The highest BCUT2D eigenvalue weighted by Crippen LogP contribution is 2.22. The van der Waals surface area contributed by atoms with Crippen LogP contribution in [0.3, 0.4) is 0 Å². The van der Waals surface area contributed by atoms with Crippen LogP contribution >= 0.6 is 0 Å².